The second kappa shape index (κ2) is 9.06. The zero-order valence-corrected chi connectivity index (χ0v) is 17.4. The summed E-state index contributed by atoms with van der Waals surface area (Å²) in [4.78, 5) is 19.2. The molecule has 0 bridgehead atoms. The summed E-state index contributed by atoms with van der Waals surface area (Å²) in [6, 6.07) is 16.0. The van der Waals surface area contributed by atoms with Crippen molar-refractivity contribution in [1.82, 2.24) is 10.3 Å². The van der Waals surface area contributed by atoms with Gasteiger partial charge in [-0.05, 0) is 36.2 Å². The molecule has 6 heteroatoms. The Bertz CT molecular complexity index is 904. The molecule has 1 amide bonds. The summed E-state index contributed by atoms with van der Waals surface area (Å²) >= 11 is 3.31. The van der Waals surface area contributed by atoms with Crippen LogP contribution in [-0.4, -0.2) is 25.0 Å². The molecule has 0 unspecified atom stereocenters. The summed E-state index contributed by atoms with van der Waals surface area (Å²) in [6.07, 6.45) is 0. The minimum Gasteiger partial charge on any atom is -0.378 e. The van der Waals surface area contributed by atoms with Crippen LogP contribution in [0.2, 0.25) is 0 Å². The molecule has 0 aliphatic rings. The van der Waals surface area contributed by atoms with Crippen molar-refractivity contribution in [2.24, 2.45) is 0 Å². The Labute approximate surface area is 168 Å². The first-order chi connectivity index (χ1) is 13.0. The van der Waals surface area contributed by atoms with Crippen LogP contribution in [0.1, 0.15) is 27.2 Å². The van der Waals surface area contributed by atoms with E-state index in [1.54, 1.807) is 23.1 Å². The summed E-state index contributed by atoms with van der Waals surface area (Å²) < 4.78 is 1.03. The average molecular weight is 398 g/mol. The number of hydrogen-bond acceptors (Lipinski definition) is 5. The van der Waals surface area contributed by atoms with Crippen molar-refractivity contribution >= 4 is 34.7 Å². The molecular weight excluding hydrogens is 374 g/mol. The monoisotopic (exact) mass is 397 g/mol. The second-order valence-corrected chi connectivity index (χ2v) is 8.52. The van der Waals surface area contributed by atoms with E-state index in [4.69, 9.17) is 0 Å². The van der Waals surface area contributed by atoms with E-state index < -0.39 is 0 Å². The van der Waals surface area contributed by atoms with Crippen LogP contribution in [-0.2, 0) is 12.3 Å². The van der Waals surface area contributed by atoms with E-state index in [-0.39, 0.29) is 5.91 Å². The molecular formula is C21H23N3OS2. The van der Waals surface area contributed by atoms with E-state index in [1.165, 1.54) is 0 Å². The molecule has 3 rings (SSSR count). The molecule has 27 heavy (non-hydrogen) atoms. The zero-order valence-electron chi connectivity index (χ0n) is 15.7. The lowest BCUT2D eigenvalue weighted by Gasteiger charge is -2.13. The van der Waals surface area contributed by atoms with Crippen molar-refractivity contribution < 1.29 is 4.79 Å². The Morgan fingerprint density at radius 3 is 2.56 bits per heavy atom. The standard InChI is InChI=1S/C21H23N3OS2/c1-15-13-26-21(23-15)27-14-17-6-4-5-7-19(17)20(25)22-12-16-8-10-18(11-9-16)24(2)3/h4-11,13H,12,14H2,1-3H3,(H,22,25). The number of aromatic nitrogens is 1. The molecule has 0 atom stereocenters. The van der Waals surface area contributed by atoms with Crippen LogP contribution in [0.25, 0.3) is 0 Å². The van der Waals surface area contributed by atoms with Gasteiger partial charge < -0.3 is 10.2 Å². The predicted octanol–water partition coefficient (Wildman–Crippen LogP) is 4.74. The number of benzene rings is 2. The lowest BCUT2D eigenvalue weighted by molar-refractivity contribution is 0.0950. The highest BCUT2D eigenvalue weighted by molar-refractivity contribution is 8.00. The van der Waals surface area contributed by atoms with Gasteiger partial charge in [-0.25, -0.2) is 4.98 Å². The number of hydrogen-bond donors (Lipinski definition) is 1. The first-order valence-corrected chi connectivity index (χ1v) is 10.6. The van der Waals surface area contributed by atoms with Gasteiger partial charge in [0.1, 0.15) is 4.34 Å². The molecule has 1 heterocycles. The van der Waals surface area contributed by atoms with Crippen LogP contribution in [0.4, 0.5) is 5.69 Å². The smallest absolute Gasteiger partial charge is 0.251 e. The molecule has 0 saturated carbocycles. The number of anilines is 1. The highest BCUT2D eigenvalue weighted by Crippen LogP contribution is 2.27. The van der Waals surface area contributed by atoms with E-state index in [1.807, 2.05) is 62.8 Å². The van der Waals surface area contributed by atoms with E-state index in [2.05, 4.69) is 27.3 Å². The van der Waals surface area contributed by atoms with Gasteiger partial charge in [0.05, 0.1) is 0 Å². The van der Waals surface area contributed by atoms with Crippen molar-refractivity contribution in [2.75, 3.05) is 19.0 Å². The van der Waals surface area contributed by atoms with Crippen molar-refractivity contribution in [1.29, 1.82) is 0 Å². The third-order valence-corrected chi connectivity index (χ3v) is 6.30. The maximum Gasteiger partial charge on any atom is 0.251 e. The summed E-state index contributed by atoms with van der Waals surface area (Å²) in [5.74, 6) is 0.687. The van der Waals surface area contributed by atoms with E-state index in [9.17, 15) is 4.79 Å². The molecule has 0 radical (unpaired) electrons. The Hall–Kier alpha value is -2.31. The zero-order chi connectivity index (χ0) is 19.2. The Kier molecular flexibility index (Phi) is 6.53. The Morgan fingerprint density at radius 2 is 1.89 bits per heavy atom. The lowest BCUT2D eigenvalue weighted by atomic mass is 10.1. The predicted molar refractivity (Wildman–Crippen MR) is 115 cm³/mol. The fraction of sp³-hybridized carbons (Fsp3) is 0.238. The summed E-state index contributed by atoms with van der Waals surface area (Å²) in [6.45, 7) is 2.51. The highest BCUT2D eigenvalue weighted by atomic mass is 32.2. The molecule has 3 aromatic rings. The molecule has 0 spiro atoms. The maximum absolute atomic E-state index is 12.7. The molecule has 1 aromatic heterocycles. The molecule has 0 fully saturated rings. The number of thioether (sulfide) groups is 1. The second-order valence-electron chi connectivity index (χ2n) is 6.44. The number of carbonyl (C=O) groups excluding carboxylic acids is 1. The number of nitrogens with one attached hydrogen (secondary N) is 1. The van der Waals surface area contributed by atoms with Crippen molar-refractivity contribution in [3.05, 3.63) is 76.3 Å². The fourth-order valence-corrected chi connectivity index (χ4v) is 4.45. The quantitative estimate of drug-likeness (QED) is 0.585. The molecule has 0 saturated heterocycles. The van der Waals surface area contributed by atoms with Gasteiger partial charge in [0.25, 0.3) is 5.91 Å². The third kappa shape index (κ3) is 5.34. The number of nitrogens with zero attached hydrogens (tertiary/aromatic N) is 2. The van der Waals surface area contributed by atoms with Gasteiger partial charge in [-0.1, -0.05) is 42.1 Å². The molecule has 0 aliphatic heterocycles. The normalized spacial score (nSPS) is 10.6. The van der Waals surface area contributed by atoms with Gasteiger partial charge in [-0.15, -0.1) is 11.3 Å². The Morgan fingerprint density at radius 1 is 1.15 bits per heavy atom. The van der Waals surface area contributed by atoms with Gasteiger partial charge in [0, 0.05) is 48.7 Å². The first-order valence-electron chi connectivity index (χ1n) is 8.70. The third-order valence-electron chi connectivity index (χ3n) is 4.12. The molecule has 1 N–H and O–H groups in total. The van der Waals surface area contributed by atoms with Crippen LogP contribution in [0.3, 0.4) is 0 Å². The van der Waals surface area contributed by atoms with Gasteiger partial charge in [-0.2, -0.15) is 0 Å². The van der Waals surface area contributed by atoms with E-state index in [0.29, 0.717) is 6.54 Å². The van der Waals surface area contributed by atoms with E-state index in [0.717, 1.165) is 38.2 Å². The minimum atomic E-state index is -0.0433. The van der Waals surface area contributed by atoms with Gasteiger partial charge in [0.15, 0.2) is 0 Å². The van der Waals surface area contributed by atoms with E-state index >= 15 is 0 Å². The molecule has 4 nitrogen and oxygen atoms in total. The topological polar surface area (TPSA) is 45.2 Å². The summed E-state index contributed by atoms with van der Waals surface area (Å²) in [5.41, 5.74) is 5.01. The van der Waals surface area contributed by atoms with Gasteiger partial charge in [-0.3, -0.25) is 4.79 Å². The number of aryl methyl sites for hydroxylation is 1. The Balaban J connectivity index is 1.62. The van der Waals surface area contributed by atoms with Crippen molar-refractivity contribution in [3.8, 4) is 0 Å². The van der Waals surface area contributed by atoms with Crippen LogP contribution in [0.15, 0.2) is 58.3 Å². The van der Waals surface area contributed by atoms with Crippen LogP contribution in [0.5, 0.6) is 0 Å². The largest absolute Gasteiger partial charge is 0.378 e. The number of rotatable bonds is 7. The number of thiazole rings is 1. The summed E-state index contributed by atoms with van der Waals surface area (Å²) in [5, 5.41) is 5.08. The summed E-state index contributed by atoms with van der Waals surface area (Å²) in [7, 11) is 4.03. The van der Waals surface area contributed by atoms with Crippen molar-refractivity contribution in [3.63, 3.8) is 0 Å². The number of carbonyl (C=O) groups is 1. The molecule has 140 valence electrons. The molecule has 0 aliphatic carbocycles. The fourth-order valence-electron chi connectivity index (χ4n) is 2.60. The van der Waals surface area contributed by atoms with Crippen LogP contribution in [0, 0.1) is 6.92 Å². The van der Waals surface area contributed by atoms with Crippen LogP contribution < -0.4 is 10.2 Å². The van der Waals surface area contributed by atoms with Gasteiger partial charge >= 0.3 is 0 Å². The highest BCUT2D eigenvalue weighted by Gasteiger charge is 2.12. The minimum absolute atomic E-state index is 0.0433. The molecule has 2 aromatic carbocycles. The number of amides is 1. The van der Waals surface area contributed by atoms with Crippen LogP contribution >= 0.6 is 23.1 Å². The van der Waals surface area contributed by atoms with Gasteiger partial charge in [0.2, 0.25) is 0 Å². The SMILES string of the molecule is Cc1csc(SCc2ccccc2C(=O)NCc2ccc(N(C)C)cc2)n1. The van der Waals surface area contributed by atoms with Crippen molar-refractivity contribution in [2.45, 2.75) is 23.6 Å². The first kappa shape index (κ1) is 19.5. The lowest BCUT2D eigenvalue weighted by Crippen LogP contribution is -2.24. The average Bonchev–Trinajstić information content (AvgIpc) is 3.10. The maximum atomic E-state index is 12.7.